The third-order valence-electron chi connectivity index (χ3n) is 4.12. The highest BCUT2D eigenvalue weighted by Crippen LogP contribution is 2.37. The van der Waals surface area contributed by atoms with Gasteiger partial charge in [-0.05, 0) is 39.3 Å². The van der Waals surface area contributed by atoms with Gasteiger partial charge in [0.05, 0.1) is 29.5 Å². The smallest absolute Gasteiger partial charge is 0.400 e. The molecule has 0 saturated carbocycles. The van der Waals surface area contributed by atoms with Gasteiger partial charge in [-0.15, -0.1) is 0 Å². The van der Waals surface area contributed by atoms with Crippen LogP contribution in [0.25, 0.3) is 6.08 Å². The second-order valence-corrected chi connectivity index (χ2v) is 6.25. The third-order valence-corrected chi connectivity index (χ3v) is 4.12. The summed E-state index contributed by atoms with van der Waals surface area (Å²) in [5.41, 5.74) is 6.65. The summed E-state index contributed by atoms with van der Waals surface area (Å²) in [5, 5.41) is 9.19. The highest BCUT2D eigenvalue weighted by atomic mass is 16.7. The zero-order valence-electron chi connectivity index (χ0n) is 13.0. The van der Waals surface area contributed by atoms with E-state index in [4.69, 9.17) is 15.0 Å². The molecule has 0 aliphatic carbocycles. The standard InChI is InChI=1S/C15H23BN2O3/c1-14(2)15(3,4)21-16(20-14)8-7-11-6-5-9-18-13(11)12(17)10-19/h5-9,12,19H,10,17H2,1-4H3/b8-7+/t12-/m0/s1. The first-order valence-corrected chi connectivity index (χ1v) is 7.12. The number of rotatable bonds is 4. The molecule has 0 bridgehead atoms. The van der Waals surface area contributed by atoms with Gasteiger partial charge in [0, 0.05) is 6.20 Å². The Labute approximate surface area is 126 Å². The maximum atomic E-state index is 9.19. The average molecular weight is 290 g/mol. The highest BCUT2D eigenvalue weighted by Gasteiger charge is 2.50. The van der Waals surface area contributed by atoms with E-state index in [1.165, 1.54) is 0 Å². The summed E-state index contributed by atoms with van der Waals surface area (Å²) < 4.78 is 11.8. The number of nitrogens with zero attached hydrogens (tertiary/aromatic N) is 1. The molecule has 1 fully saturated rings. The van der Waals surface area contributed by atoms with E-state index in [9.17, 15) is 5.11 Å². The van der Waals surface area contributed by atoms with Gasteiger partial charge in [0.1, 0.15) is 0 Å². The second kappa shape index (κ2) is 5.89. The Bertz CT molecular complexity index is 515. The molecule has 1 aromatic rings. The maximum absolute atomic E-state index is 9.19. The lowest BCUT2D eigenvalue weighted by Crippen LogP contribution is -2.41. The van der Waals surface area contributed by atoms with Gasteiger partial charge in [-0.25, -0.2) is 0 Å². The van der Waals surface area contributed by atoms with Gasteiger partial charge in [-0.1, -0.05) is 18.1 Å². The minimum atomic E-state index is -0.496. The van der Waals surface area contributed by atoms with Crippen molar-refractivity contribution < 1.29 is 14.4 Å². The number of hydrogen-bond acceptors (Lipinski definition) is 5. The van der Waals surface area contributed by atoms with Crippen LogP contribution in [0.5, 0.6) is 0 Å². The first-order valence-electron chi connectivity index (χ1n) is 7.12. The van der Waals surface area contributed by atoms with Gasteiger partial charge < -0.3 is 20.1 Å². The van der Waals surface area contributed by atoms with E-state index in [0.717, 1.165) is 5.56 Å². The van der Waals surface area contributed by atoms with Crippen molar-refractivity contribution in [3.8, 4) is 0 Å². The quantitative estimate of drug-likeness (QED) is 0.826. The van der Waals surface area contributed by atoms with Crippen molar-refractivity contribution in [3.63, 3.8) is 0 Å². The predicted octanol–water partition coefficient (Wildman–Crippen LogP) is 1.72. The van der Waals surface area contributed by atoms with Crippen molar-refractivity contribution >= 4 is 13.2 Å². The molecule has 1 aromatic heterocycles. The minimum absolute atomic E-state index is 0.144. The van der Waals surface area contributed by atoms with Crippen molar-refractivity contribution in [1.82, 2.24) is 4.98 Å². The Morgan fingerprint density at radius 1 is 1.33 bits per heavy atom. The van der Waals surface area contributed by atoms with Crippen molar-refractivity contribution in [2.45, 2.75) is 44.9 Å². The molecule has 0 amide bonds. The maximum Gasteiger partial charge on any atom is 0.487 e. The second-order valence-electron chi connectivity index (χ2n) is 6.25. The van der Waals surface area contributed by atoms with Crippen LogP contribution in [0.2, 0.25) is 0 Å². The van der Waals surface area contributed by atoms with Crippen molar-refractivity contribution in [3.05, 3.63) is 35.6 Å². The molecule has 0 spiro atoms. The Morgan fingerprint density at radius 3 is 2.52 bits per heavy atom. The van der Waals surface area contributed by atoms with Crippen molar-refractivity contribution in [1.29, 1.82) is 0 Å². The van der Waals surface area contributed by atoms with Crippen molar-refractivity contribution in [2.75, 3.05) is 6.61 Å². The highest BCUT2D eigenvalue weighted by molar-refractivity contribution is 6.52. The van der Waals surface area contributed by atoms with Crippen LogP contribution < -0.4 is 5.73 Å². The topological polar surface area (TPSA) is 77.6 Å². The summed E-state index contributed by atoms with van der Waals surface area (Å²) in [4.78, 5) is 4.23. The number of aliphatic hydroxyl groups is 1. The van der Waals surface area contributed by atoms with E-state index in [0.29, 0.717) is 5.69 Å². The fourth-order valence-corrected chi connectivity index (χ4v) is 2.12. The van der Waals surface area contributed by atoms with E-state index in [1.807, 2.05) is 51.9 Å². The first-order chi connectivity index (χ1) is 9.77. The Kier molecular flexibility index (Phi) is 4.53. The fourth-order valence-electron chi connectivity index (χ4n) is 2.12. The number of aliphatic hydroxyl groups excluding tert-OH is 1. The summed E-state index contributed by atoms with van der Waals surface area (Å²) in [5.74, 6) is 1.85. The Hall–Kier alpha value is -1.21. The lowest BCUT2D eigenvalue weighted by atomic mass is 9.88. The van der Waals surface area contributed by atoms with Gasteiger partial charge in [0.15, 0.2) is 0 Å². The molecule has 21 heavy (non-hydrogen) atoms. The van der Waals surface area contributed by atoms with Gasteiger partial charge in [-0.3, -0.25) is 4.98 Å². The summed E-state index contributed by atoms with van der Waals surface area (Å²) >= 11 is 0. The van der Waals surface area contributed by atoms with Crippen LogP contribution in [0.1, 0.15) is 45.0 Å². The van der Waals surface area contributed by atoms with E-state index < -0.39 is 13.2 Å². The van der Waals surface area contributed by atoms with Crippen LogP contribution in [0.4, 0.5) is 0 Å². The molecule has 1 aliphatic heterocycles. The van der Waals surface area contributed by atoms with Crippen LogP contribution in [0.15, 0.2) is 24.3 Å². The largest absolute Gasteiger partial charge is 0.487 e. The molecule has 1 atom stereocenters. The lowest BCUT2D eigenvalue weighted by molar-refractivity contribution is 0.00578. The van der Waals surface area contributed by atoms with Gasteiger partial charge in [0.25, 0.3) is 0 Å². The molecule has 114 valence electrons. The van der Waals surface area contributed by atoms with Crippen LogP contribution in [0, 0.1) is 0 Å². The molecule has 1 aliphatic rings. The van der Waals surface area contributed by atoms with Gasteiger partial charge >= 0.3 is 7.12 Å². The van der Waals surface area contributed by atoms with E-state index >= 15 is 0 Å². The normalized spacial score (nSPS) is 21.9. The summed E-state index contributed by atoms with van der Waals surface area (Å²) in [6.07, 6.45) is 3.54. The van der Waals surface area contributed by atoms with E-state index in [2.05, 4.69) is 4.98 Å². The Balaban J connectivity index is 2.17. The van der Waals surface area contributed by atoms with Gasteiger partial charge in [-0.2, -0.15) is 0 Å². The lowest BCUT2D eigenvalue weighted by Gasteiger charge is -2.32. The fraction of sp³-hybridized carbons (Fsp3) is 0.533. The van der Waals surface area contributed by atoms with E-state index in [1.54, 1.807) is 6.20 Å². The molecule has 3 N–H and O–H groups in total. The summed E-state index contributed by atoms with van der Waals surface area (Å²) in [6, 6.07) is 3.24. The van der Waals surface area contributed by atoms with E-state index in [-0.39, 0.29) is 17.8 Å². The Morgan fingerprint density at radius 2 is 1.95 bits per heavy atom. The zero-order valence-corrected chi connectivity index (χ0v) is 13.0. The number of pyridine rings is 1. The molecule has 0 radical (unpaired) electrons. The monoisotopic (exact) mass is 290 g/mol. The molecule has 0 unspecified atom stereocenters. The number of hydrogen-bond donors (Lipinski definition) is 2. The third kappa shape index (κ3) is 3.35. The van der Waals surface area contributed by atoms with Crippen molar-refractivity contribution in [2.24, 2.45) is 5.73 Å². The minimum Gasteiger partial charge on any atom is -0.400 e. The van der Waals surface area contributed by atoms with Crippen LogP contribution in [-0.2, 0) is 9.31 Å². The van der Waals surface area contributed by atoms with Crippen LogP contribution in [0.3, 0.4) is 0 Å². The van der Waals surface area contributed by atoms with Crippen LogP contribution in [-0.4, -0.2) is 35.0 Å². The molecule has 0 aromatic carbocycles. The summed E-state index contributed by atoms with van der Waals surface area (Å²) in [7, 11) is -0.409. The molecule has 5 nitrogen and oxygen atoms in total. The molecule has 2 heterocycles. The number of aromatic nitrogens is 1. The molecule has 2 rings (SSSR count). The molecule has 1 saturated heterocycles. The summed E-state index contributed by atoms with van der Waals surface area (Å²) in [6.45, 7) is 7.90. The van der Waals surface area contributed by atoms with Gasteiger partial charge in [0.2, 0.25) is 0 Å². The molecular weight excluding hydrogens is 267 g/mol. The first kappa shape index (κ1) is 16.2. The SMILES string of the molecule is CC1(C)OB(/C=C/c2cccnc2[C@@H](N)CO)OC1(C)C. The average Bonchev–Trinajstić information content (AvgIpc) is 2.64. The zero-order chi connectivity index (χ0) is 15.7. The van der Waals surface area contributed by atoms with Crippen LogP contribution >= 0.6 is 0 Å². The number of nitrogens with two attached hydrogens (primary N) is 1. The molecular formula is C15H23BN2O3. The molecule has 6 heteroatoms. The predicted molar refractivity (Wildman–Crippen MR) is 83.4 cm³/mol.